The van der Waals surface area contributed by atoms with Crippen molar-refractivity contribution in [3.63, 3.8) is 0 Å². The van der Waals surface area contributed by atoms with Crippen LogP contribution in [-0.2, 0) is 11.6 Å². The van der Waals surface area contributed by atoms with Gasteiger partial charge in [-0.15, -0.1) is 0 Å². The highest BCUT2D eigenvalue weighted by molar-refractivity contribution is 5.90. The molecule has 4 aliphatic carbocycles. The molecule has 0 unspecified atom stereocenters. The van der Waals surface area contributed by atoms with Crippen LogP contribution in [0.5, 0.6) is 0 Å². The van der Waals surface area contributed by atoms with Gasteiger partial charge in [0, 0.05) is 17.1 Å². The van der Waals surface area contributed by atoms with Crippen molar-refractivity contribution in [2.24, 2.45) is 17.8 Å². The predicted molar refractivity (Wildman–Crippen MR) is 140 cm³/mol. The summed E-state index contributed by atoms with van der Waals surface area (Å²) in [6.45, 7) is 4.01. The average Bonchev–Trinajstić information content (AvgIpc) is 3.13. The van der Waals surface area contributed by atoms with E-state index in [1.165, 1.54) is 50.2 Å². The van der Waals surface area contributed by atoms with Gasteiger partial charge in [0.15, 0.2) is 0 Å². The minimum Gasteiger partial charge on any atom is -0.318 e. The molecule has 4 saturated carbocycles. The van der Waals surface area contributed by atoms with Gasteiger partial charge in [0.2, 0.25) is 0 Å². The fourth-order valence-electron chi connectivity index (χ4n) is 7.96. The van der Waals surface area contributed by atoms with E-state index in [4.69, 9.17) is 0 Å². The third-order valence-corrected chi connectivity index (χ3v) is 9.17. The number of aryl methyl sites for hydroxylation is 1. The highest BCUT2D eigenvalue weighted by atomic mass is 19.4. The first-order chi connectivity index (χ1) is 17.6. The molecule has 7 rings (SSSR count). The fraction of sp³-hybridized carbons (Fsp3) is 0.406. The molecule has 4 fully saturated rings. The topological polar surface area (TPSA) is 28.7 Å². The van der Waals surface area contributed by atoms with Crippen molar-refractivity contribution in [3.8, 4) is 11.8 Å². The molecule has 4 bridgehead atoms. The summed E-state index contributed by atoms with van der Waals surface area (Å²) in [5.74, 6) is 2.71. The number of nitrogens with zero attached hydrogens (tertiary/aromatic N) is 2. The Labute approximate surface area is 216 Å². The van der Waals surface area contributed by atoms with E-state index < -0.39 is 11.7 Å². The van der Waals surface area contributed by atoms with Gasteiger partial charge in [0.05, 0.1) is 17.2 Å². The van der Waals surface area contributed by atoms with Gasteiger partial charge in [-0.05, 0) is 129 Å². The molecule has 0 atom stereocenters. The lowest BCUT2D eigenvalue weighted by atomic mass is 9.48. The molecule has 0 amide bonds. The molecule has 0 aliphatic heterocycles. The zero-order valence-electron chi connectivity index (χ0n) is 21.3. The van der Waals surface area contributed by atoms with Gasteiger partial charge in [-0.1, -0.05) is 24.3 Å². The predicted octanol–water partition coefficient (Wildman–Crippen LogP) is 8.64. The van der Waals surface area contributed by atoms with E-state index in [2.05, 4.69) is 34.9 Å². The van der Waals surface area contributed by atoms with Gasteiger partial charge < -0.3 is 4.57 Å². The SMILES string of the molecule is Cc1cc(/C=C(/C#N)c2cccc(C(F)(F)F)c2)c(C)n1-c1ccc(C23CC4CC(CC(C4)C2)C3)cc1. The molecule has 2 nitrogen and oxygen atoms in total. The van der Waals surface area contributed by atoms with Crippen LogP contribution >= 0.6 is 0 Å². The maximum absolute atomic E-state index is 13.2. The number of nitriles is 1. The van der Waals surface area contributed by atoms with Crippen LogP contribution in [0.4, 0.5) is 13.2 Å². The zero-order valence-corrected chi connectivity index (χ0v) is 21.3. The Morgan fingerprint density at radius 2 is 1.57 bits per heavy atom. The third-order valence-electron chi connectivity index (χ3n) is 9.17. The number of aromatic nitrogens is 1. The molecule has 0 saturated heterocycles. The fourth-order valence-corrected chi connectivity index (χ4v) is 7.96. The van der Waals surface area contributed by atoms with Crippen molar-refractivity contribution in [1.82, 2.24) is 4.57 Å². The number of halogens is 3. The first-order valence-electron chi connectivity index (χ1n) is 13.2. The molecule has 1 aromatic heterocycles. The highest BCUT2D eigenvalue weighted by Gasteiger charge is 2.51. The zero-order chi connectivity index (χ0) is 25.9. The molecule has 2 aromatic carbocycles. The second kappa shape index (κ2) is 8.65. The molecule has 5 heteroatoms. The Bertz CT molecular complexity index is 1380. The maximum Gasteiger partial charge on any atom is 0.416 e. The monoisotopic (exact) mass is 500 g/mol. The number of allylic oxidation sites excluding steroid dienone is 1. The summed E-state index contributed by atoms with van der Waals surface area (Å²) < 4.78 is 41.8. The Hall–Kier alpha value is -3.26. The van der Waals surface area contributed by atoms with Crippen LogP contribution in [0, 0.1) is 42.9 Å². The smallest absolute Gasteiger partial charge is 0.318 e. The Kier molecular flexibility index (Phi) is 5.64. The minimum atomic E-state index is -4.45. The van der Waals surface area contributed by atoms with Crippen molar-refractivity contribution < 1.29 is 13.2 Å². The summed E-state index contributed by atoms with van der Waals surface area (Å²) in [6.07, 6.45) is 5.54. The van der Waals surface area contributed by atoms with E-state index in [9.17, 15) is 18.4 Å². The number of benzene rings is 2. The van der Waals surface area contributed by atoms with Crippen molar-refractivity contribution in [1.29, 1.82) is 5.26 Å². The van der Waals surface area contributed by atoms with Crippen molar-refractivity contribution in [2.75, 3.05) is 0 Å². The molecule has 1 heterocycles. The Morgan fingerprint density at radius 3 is 2.14 bits per heavy atom. The second-order valence-corrected chi connectivity index (χ2v) is 11.7. The summed E-state index contributed by atoms with van der Waals surface area (Å²) in [4.78, 5) is 0. The number of rotatable bonds is 4. The molecule has 190 valence electrons. The van der Waals surface area contributed by atoms with Crippen LogP contribution in [0.15, 0.2) is 54.6 Å². The van der Waals surface area contributed by atoms with Crippen LogP contribution in [0.1, 0.15) is 72.2 Å². The lowest BCUT2D eigenvalue weighted by molar-refractivity contribution is -0.137. The molecule has 0 spiro atoms. The summed E-state index contributed by atoms with van der Waals surface area (Å²) >= 11 is 0. The van der Waals surface area contributed by atoms with Gasteiger partial charge in [-0.25, -0.2) is 0 Å². The van der Waals surface area contributed by atoms with Gasteiger partial charge in [0.1, 0.15) is 0 Å². The normalized spacial score (nSPS) is 26.9. The van der Waals surface area contributed by atoms with Crippen molar-refractivity contribution >= 4 is 11.6 Å². The summed E-state index contributed by atoms with van der Waals surface area (Å²) in [7, 11) is 0. The van der Waals surface area contributed by atoms with Gasteiger partial charge >= 0.3 is 6.18 Å². The standard InChI is InChI=1S/C32H31F3N2/c1-20-10-26(14-27(19-36)25-4-3-5-29(15-25)32(33,34)35)21(2)37(20)30-8-6-28(7-9-30)31-16-22-11-23(17-31)13-24(12-22)18-31/h3-10,14-15,22-24H,11-13,16-18H2,1-2H3/b27-14-. The van der Waals surface area contributed by atoms with Gasteiger partial charge in [0.25, 0.3) is 0 Å². The lowest BCUT2D eigenvalue weighted by Crippen LogP contribution is -2.48. The van der Waals surface area contributed by atoms with Crippen molar-refractivity contribution in [3.05, 3.63) is 88.2 Å². The van der Waals surface area contributed by atoms with Gasteiger partial charge in [-0.3, -0.25) is 0 Å². The molecule has 3 aromatic rings. The molecule has 0 N–H and O–H groups in total. The Morgan fingerprint density at radius 1 is 0.946 bits per heavy atom. The molecule has 4 aliphatic rings. The van der Waals surface area contributed by atoms with E-state index in [-0.39, 0.29) is 11.1 Å². The summed E-state index contributed by atoms with van der Waals surface area (Å²) in [5.41, 5.74) is 5.44. The van der Waals surface area contributed by atoms with E-state index in [0.29, 0.717) is 5.41 Å². The second-order valence-electron chi connectivity index (χ2n) is 11.7. The lowest BCUT2D eigenvalue weighted by Gasteiger charge is -2.57. The van der Waals surface area contributed by atoms with Crippen LogP contribution in [0.3, 0.4) is 0 Å². The van der Waals surface area contributed by atoms with E-state index in [1.807, 2.05) is 19.9 Å². The van der Waals surface area contributed by atoms with Crippen LogP contribution in [0.25, 0.3) is 17.3 Å². The first kappa shape index (κ1) is 24.1. The van der Waals surface area contributed by atoms with E-state index in [1.54, 1.807) is 12.1 Å². The summed E-state index contributed by atoms with van der Waals surface area (Å²) in [6, 6.07) is 18.1. The van der Waals surface area contributed by atoms with Crippen LogP contribution in [0.2, 0.25) is 0 Å². The maximum atomic E-state index is 13.2. The van der Waals surface area contributed by atoms with Crippen molar-refractivity contribution in [2.45, 2.75) is 64.0 Å². The minimum absolute atomic E-state index is 0.212. The molecular formula is C32H31F3N2. The molecular weight excluding hydrogens is 469 g/mol. The first-order valence-corrected chi connectivity index (χ1v) is 13.2. The largest absolute Gasteiger partial charge is 0.416 e. The Balaban J connectivity index is 1.31. The number of alkyl halides is 3. The molecule has 0 radical (unpaired) electrons. The van der Waals surface area contributed by atoms with Gasteiger partial charge in [-0.2, -0.15) is 18.4 Å². The van der Waals surface area contributed by atoms with Crippen LogP contribution in [-0.4, -0.2) is 4.57 Å². The summed E-state index contributed by atoms with van der Waals surface area (Å²) in [5, 5.41) is 9.76. The van der Waals surface area contributed by atoms with E-state index >= 15 is 0 Å². The number of hydrogen-bond acceptors (Lipinski definition) is 1. The van der Waals surface area contributed by atoms with Crippen LogP contribution < -0.4 is 0 Å². The number of hydrogen-bond donors (Lipinski definition) is 0. The quantitative estimate of drug-likeness (QED) is 0.330. The molecule has 37 heavy (non-hydrogen) atoms. The average molecular weight is 501 g/mol. The third kappa shape index (κ3) is 4.21. The van der Waals surface area contributed by atoms with E-state index in [0.717, 1.165) is 52.5 Å². The highest BCUT2D eigenvalue weighted by Crippen LogP contribution is 2.60.